The number of carbonyl (C=O) groups is 2. The molecule has 4 rings (SSSR count). The summed E-state index contributed by atoms with van der Waals surface area (Å²) in [5.41, 5.74) is 2.93. The Morgan fingerprint density at radius 3 is 2.48 bits per heavy atom. The predicted molar refractivity (Wildman–Crippen MR) is 127 cm³/mol. The Bertz CT molecular complexity index is 1100. The van der Waals surface area contributed by atoms with Crippen LogP contribution in [0.15, 0.2) is 79.1 Å². The van der Waals surface area contributed by atoms with E-state index in [9.17, 15) is 9.59 Å². The van der Waals surface area contributed by atoms with Crippen LogP contribution in [0.1, 0.15) is 11.1 Å². The molecule has 1 aromatic heterocycles. The van der Waals surface area contributed by atoms with Gasteiger partial charge in [0.2, 0.25) is 5.91 Å². The van der Waals surface area contributed by atoms with E-state index in [2.05, 4.69) is 29.2 Å². The van der Waals surface area contributed by atoms with Gasteiger partial charge in [0.1, 0.15) is 0 Å². The molecule has 3 aromatic rings. The molecule has 0 radical (unpaired) electrons. The lowest BCUT2D eigenvalue weighted by molar-refractivity contribution is -0.172. The van der Waals surface area contributed by atoms with Gasteiger partial charge in [-0.1, -0.05) is 60.7 Å². The summed E-state index contributed by atoms with van der Waals surface area (Å²) in [7, 11) is 3.45. The topological polar surface area (TPSA) is 62.7 Å². The van der Waals surface area contributed by atoms with E-state index in [-0.39, 0.29) is 24.8 Å². The fourth-order valence-electron chi connectivity index (χ4n) is 4.33. The molecule has 2 heterocycles. The zero-order valence-corrected chi connectivity index (χ0v) is 19.1. The number of hydrogen-bond donors (Lipinski definition) is 0. The Kier molecular flexibility index (Phi) is 6.84. The van der Waals surface area contributed by atoms with Gasteiger partial charge in [-0.05, 0) is 28.3 Å². The number of benzene rings is 2. The molecule has 0 saturated carbocycles. The first-order chi connectivity index (χ1) is 16.0. The molecule has 1 aliphatic rings. The second-order valence-electron chi connectivity index (χ2n) is 8.64. The van der Waals surface area contributed by atoms with Crippen molar-refractivity contribution in [1.29, 1.82) is 0 Å². The van der Waals surface area contributed by atoms with Gasteiger partial charge in [0.05, 0.1) is 19.6 Å². The molecule has 0 bridgehead atoms. The van der Waals surface area contributed by atoms with Crippen LogP contribution in [0.2, 0.25) is 0 Å². The molecule has 2 aromatic carbocycles. The van der Waals surface area contributed by atoms with Gasteiger partial charge >= 0.3 is 0 Å². The summed E-state index contributed by atoms with van der Waals surface area (Å²) in [6.07, 6.45) is 4.03. The Hall–Kier alpha value is -3.51. The third kappa shape index (κ3) is 5.29. The van der Waals surface area contributed by atoms with Crippen LogP contribution in [0.3, 0.4) is 0 Å². The van der Waals surface area contributed by atoms with Crippen LogP contribution in [0.25, 0.3) is 11.1 Å². The number of carbonyl (C=O) groups excluding carboxylic acids is 2. The van der Waals surface area contributed by atoms with Crippen molar-refractivity contribution >= 4 is 11.8 Å². The monoisotopic (exact) mass is 443 g/mol. The van der Waals surface area contributed by atoms with Gasteiger partial charge in [-0.2, -0.15) is 0 Å². The molecule has 1 fully saturated rings. The van der Waals surface area contributed by atoms with Gasteiger partial charge in [0.15, 0.2) is 5.60 Å². The van der Waals surface area contributed by atoms with Crippen molar-refractivity contribution in [2.45, 2.75) is 18.4 Å². The summed E-state index contributed by atoms with van der Waals surface area (Å²) < 4.78 is 6.17. The Balaban J connectivity index is 1.59. The summed E-state index contributed by atoms with van der Waals surface area (Å²) in [6.45, 7) is 1.00. The Morgan fingerprint density at radius 2 is 1.76 bits per heavy atom. The van der Waals surface area contributed by atoms with Crippen molar-refractivity contribution in [1.82, 2.24) is 14.8 Å². The largest absolute Gasteiger partial charge is 0.361 e. The van der Waals surface area contributed by atoms with Crippen LogP contribution in [0.4, 0.5) is 0 Å². The molecule has 2 amide bonds. The highest BCUT2D eigenvalue weighted by atomic mass is 16.5. The summed E-state index contributed by atoms with van der Waals surface area (Å²) in [4.78, 5) is 33.8. The minimum absolute atomic E-state index is 0.0275. The lowest BCUT2D eigenvalue weighted by atomic mass is 9.89. The van der Waals surface area contributed by atoms with Crippen LogP contribution in [-0.4, -0.2) is 66.0 Å². The number of nitrogens with zero attached hydrogens (tertiary/aromatic N) is 3. The van der Waals surface area contributed by atoms with Crippen molar-refractivity contribution < 1.29 is 14.3 Å². The molecule has 0 N–H and O–H groups in total. The van der Waals surface area contributed by atoms with Gasteiger partial charge in [0.25, 0.3) is 5.91 Å². The summed E-state index contributed by atoms with van der Waals surface area (Å²) in [5.74, 6) is -0.160. The van der Waals surface area contributed by atoms with E-state index < -0.39 is 5.60 Å². The van der Waals surface area contributed by atoms with Crippen LogP contribution >= 0.6 is 0 Å². The number of ether oxygens (including phenoxy) is 1. The number of aromatic nitrogens is 1. The fourth-order valence-corrected chi connectivity index (χ4v) is 4.33. The maximum absolute atomic E-state index is 13.4. The average Bonchev–Trinajstić information content (AvgIpc) is 2.85. The standard InChI is InChI=1S/C27H29N3O3/c1-29(2)26(32)27(18-21-8-6-12-24(16-21)23-10-4-3-5-11-23)20-30(14-15-33-27)25(31)17-22-9-7-13-28-19-22/h3-13,16,19H,14-15,17-18,20H2,1-2H3. The van der Waals surface area contributed by atoms with Crippen molar-refractivity contribution in [3.63, 3.8) is 0 Å². The SMILES string of the molecule is CN(C)C(=O)C1(Cc2cccc(-c3ccccc3)c2)CN(C(=O)Cc2cccnc2)CCO1. The summed E-state index contributed by atoms with van der Waals surface area (Å²) >= 11 is 0. The Morgan fingerprint density at radius 1 is 1.00 bits per heavy atom. The van der Waals surface area contributed by atoms with E-state index in [4.69, 9.17) is 4.74 Å². The minimum atomic E-state index is -1.12. The first-order valence-electron chi connectivity index (χ1n) is 11.1. The number of rotatable bonds is 6. The second-order valence-corrected chi connectivity index (χ2v) is 8.64. The molecular weight excluding hydrogens is 414 g/mol. The third-order valence-corrected chi connectivity index (χ3v) is 5.94. The van der Waals surface area contributed by atoms with Crippen molar-refractivity contribution in [3.8, 4) is 11.1 Å². The average molecular weight is 444 g/mol. The maximum atomic E-state index is 13.4. The first kappa shape index (κ1) is 22.7. The minimum Gasteiger partial charge on any atom is -0.361 e. The summed E-state index contributed by atoms with van der Waals surface area (Å²) in [6, 6.07) is 22.0. The fraction of sp³-hybridized carbons (Fsp3) is 0.296. The van der Waals surface area contributed by atoms with Crippen LogP contribution < -0.4 is 0 Å². The van der Waals surface area contributed by atoms with Gasteiger partial charge in [-0.25, -0.2) is 0 Å². The smallest absolute Gasteiger partial charge is 0.256 e. The highest BCUT2D eigenvalue weighted by Crippen LogP contribution is 2.28. The molecule has 1 unspecified atom stereocenters. The van der Waals surface area contributed by atoms with E-state index in [1.807, 2.05) is 42.5 Å². The highest BCUT2D eigenvalue weighted by Gasteiger charge is 2.46. The van der Waals surface area contributed by atoms with Gasteiger partial charge < -0.3 is 14.5 Å². The number of hydrogen-bond acceptors (Lipinski definition) is 4. The van der Waals surface area contributed by atoms with E-state index >= 15 is 0 Å². The van der Waals surface area contributed by atoms with Crippen LogP contribution in [-0.2, 0) is 27.2 Å². The van der Waals surface area contributed by atoms with Crippen molar-refractivity contribution in [2.75, 3.05) is 33.8 Å². The molecule has 6 heteroatoms. The third-order valence-electron chi connectivity index (χ3n) is 5.94. The molecule has 1 saturated heterocycles. The quantitative estimate of drug-likeness (QED) is 0.587. The second kappa shape index (κ2) is 9.96. The zero-order chi connectivity index (χ0) is 23.3. The lowest BCUT2D eigenvalue weighted by Crippen LogP contribution is -2.62. The highest BCUT2D eigenvalue weighted by molar-refractivity contribution is 5.87. The predicted octanol–water partition coefficient (Wildman–Crippen LogP) is 3.22. The Labute approximate surface area is 194 Å². The molecular formula is C27H29N3O3. The van der Waals surface area contributed by atoms with Gasteiger partial charge in [-0.3, -0.25) is 14.6 Å². The lowest BCUT2D eigenvalue weighted by Gasteiger charge is -2.43. The number of amides is 2. The molecule has 1 atom stereocenters. The normalized spacial score (nSPS) is 18.1. The molecule has 33 heavy (non-hydrogen) atoms. The van der Waals surface area contributed by atoms with E-state index in [0.29, 0.717) is 19.6 Å². The van der Waals surface area contributed by atoms with E-state index in [0.717, 1.165) is 22.3 Å². The van der Waals surface area contributed by atoms with E-state index in [1.54, 1.807) is 36.3 Å². The van der Waals surface area contributed by atoms with E-state index in [1.165, 1.54) is 0 Å². The van der Waals surface area contributed by atoms with Gasteiger partial charge in [-0.15, -0.1) is 0 Å². The van der Waals surface area contributed by atoms with Crippen LogP contribution in [0.5, 0.6) is 0 Å². The molecule has 0 spiro atoms. The molecule has 1 aliphatic heterocycles. The number of morpholine rings is 1. The van der Waals surface area contributed by atoms with Crippen molar-refractivity contribution in [2.24, 2.45) is 0 Å². The summed E-state index contributed by atoms with van der Waals surface area (Å²) in [5, 5.41) is 0. The number of likely N-dealkylation sites (N-methyl/N-ethyl adjacent to an activating group) is 1. The van der Waals surface area contributed by atoms with Crippen molar-refractivity contribution in [3.05, 3.63) is 90.3 Å². The maximum Gasteiger partial charge on any atom is 0.256 e. The van der Waals surface area contributed by atoms with Gasteiger partial charge in [0, 0.05) is 39.5 Å². The number of pyridine rings is 1. The first-order valence-corrected chi connectivity index (χ1v) is 11.1. The van der Waals surface area contributed by atoms with Crippen LogP contribution in [0, 0.1) is 0 Å². The zero-order valence-electron chi connectivity index (χ0n) is 19.1. The molecule has 170 valence electrons. The molecule has 6 nitrogen and oxygen atoms in total. The molecule has 0 aliphatic carbocycles.